The average molecular weight is 308 g/mol. The Morgan fingerprint density at radius 2 is 1.87 bits per heavy atom. The van der Waals surface area contributed by atoms with Gasteiger partial charge in [0, 0.05) is 25.2 Å². The van der Waals surface area contributed by atoms with Crippen molar-refractivity contribution in [1.82, 2.24) is 4.90 Å². The summed E-state index contributed by atoms with van der Waals surface area (Å²) in [5.74, 6) is 0.0860. The third-order valence-corrected chi connectivity index (χ3v) is 4.40. The molecule has 0 aromatic heterocycles. The highest BCUT2D eigenvalue weighted by atomic mass is 16.1. The van der Waals surface area contributed by atoms with Gasteiger partial charge in [-0.05, 0) is 55.1 Å². The molecule has 0 radical (unpaired) electrons. The van der Waals surface area contributed by atoms with Crippen LogP contribution in [0.25, 0.3) is 0 Å². The largest absolute Gasteiger partial charge is 0.326 e. The van der Waals surface area contributed by atoms with Crippen molar-refractivity contribution in [1.29, 1.82) is 0 Å². The van der Waals surface area contributed by atoms with Crippen LogP contribution in [0.4, 0.5) is 5.69 Å². The highest BCUT2D eigenvalue weighted by Gasteiger charge is 2.12. The van der Waals surface area contributed by atoms with Gasteiger partial charge in [-0.3, -0.25) is 4.79 Å². The lowest BCUT2D eigenvalue weighted by Crippen LogP contribution is -2.24. The Balaban J connectivity index is 1.46. The maximum Gasteiger partial charge on any atom is 0.225 e. The molecular formula is C20H24N2O. The van der Waals surface area contributed by atoms with E-state index in [1.54, 1.807) is 0 Å². The lowest BCUT2D eigenvalue weighted by Gasteiger charge is -2.16. The second-order valence-electron chi connectivity index (χ2n) is 6.36. The van der Waals surface area contributed by atoms with Crippen molar-refractivity contribution in [3.05, 3.63) is 65.2 Å². The van der Waals surface area contributed by atoms with Crippen LogP contribution in [0.5, 0.6) is 0 Å². The summed E-state index contributed by atoms with van der Waals surface area (Å²) in [5, 5.41) is 3.03. The molecular weight excluding hydrogens is 284 g/mol. The van der Waals surface area contributed by atoms with Gasteiger partial charge >= 0.3 is 0 Å². The van der Waals surface area contributed by atoms with Crippen LogP contribution in [0.1, 0.15) is 29.5 Å². The first-order valence-corrected chi connectivity index (χ1v) is 8.35. The first-order chi connectivity index (χ1) is 11.2. The maximum atomic E-state index is 12.1. The van der Waals surface area contributed by atoms with Gasteiger partial charge in [0.05, 0.1) is 0 Å². The number of aryl methyl sites for hydroxylation is 2. The number of rotatable bonds is 6. The number of carbonyl (C=O) groups excluding carboxylic acids is 1. The van der Waals surface area contributed by atoms with Crippen molar-refractivity contribution in [3.63, 3.8) is 0 Å². The lowest BCUT2D eigenvalue weighted by atomic mass is 10.1. The highest BCUT2D eigenvalue weighted by molar-refractivity contribution is 5.91. The van der Waals surface area contributed by atoms with Gasteiger partial charge in [0.25, 0.3) is 0 Å². The van der Waals surface area contributed by atoms with Gasteiger partial charge in [0.1, 0.15) is 0 Å². The number of anilines is 1. The van der Waals surface area contributed by atoms with Crippen LogP contribution >= 0.6 is 0 Å². The molecule has 23 heavy (non-hydrogen) atoms. The van der Waals surface area contributed by atoms with Gasteiger partial charge in [-0.1, -0.05) is 36.4 Å². The average Bonchev–Trinajstić information content (AvgIpc) is 3.01. The molecule has 0 atom stereocenters. The zero-order chi connectivity index (χ0) is 16.1. The van der Waals surface area contributed by atoms with Crippen molar-refractivity contribution in [3.8, 4) is 0 Å². The van der Waals surface area contributed by atoms with Crippen LogP contribution in [0.15, 0.2) is 48.5 Å². The first kappa shape index (κ1) is 15.8. The Labute approximate surface area is 138 Å². The van der Waals surface area contributed by atoms with Crippen LogP contribution < -0.4 is 5.32 Å². The second kappa shape index (κ2) is 7.42. The Hall–Kier alpha value is -2.13. The molecule has 1 amide bonds. The fourth-order valence-corrected chi connectivity index (χ4v) is 3.14. The molecule has 0 aliphatic heterocycles. The zero-order valence-electron chi connectivity index (χ0n) is 13.7. The Morgan fingerprint density at radius 1 is 1.09 bits per heavy atom. The van der Waals surface area contributed by atoms with E-state index in [4.69, 9.17) is 0 Å². The molecule has 3 heteroatoms. The van der Waals surface area contributed by atoms with Gasteiger partial charge < -0.3 is 10.2 Å². The van der Waals surface area contributed by atoms with Crippen molar-refractivity contribution in [2.75, 3.05) is 18.9 Å². The fraction of sp³-hybridized carbons (Fsp3) is 0.350. The number of amides is 1. The number of nitrogens with zero attached hydrogens (tertiary/aromatic N) is 1. The van der Waals surface area contributed by atoms with Crippen LogP contribution in [-0.2, 0) is 24.2 Å². The van der Waals surface area contributed by atoms with Gasteiger partial charge in [0.15, 0.2) is 0 Å². The van der Waals surface area contributed by atoms with E-state index < -0.39 is 0 Å². The summed E-state index contributed by atoms with van der Waals surface area (Å²) < 4.78 is 0. The topological polar surface area (TPSA) is 32.3 Å². The molecule has 3 nitrogen and oxygen atoms in total. The normalized spacial score (nSPS) is 13.1. The summed E-state index contributed by atoms with van der Waals surface area (Å²) in [6.45, 7) is 1.62. The molecule has 2 aromatic rings. The van der Waals surface area contributed by atoms with E-state index in [2.05, 4.69) is 41.5 Å². The Bertz CT molecular complexity index is 667. The third kappa shape index (κ3) is 4.42. The van der Waals surface area contributed by atoms with Gasteiger partial charge in [-0.25, -0.2) is 0 Å². The predicted molar refractivity (Wildman–Crippen MR) is 94.5 cm³/mol. The summed E-state index contributed by atoms with van der Waals surface area (Å²) in [6, 6.07) is 16.6. The van der Waals surface area contributed by atoms with Crippen molar-refractivity contribution in [2.45, 2.75) is 32.2 Å². The molecule has 0 heterocycles. The number of benzene rings is 2. The fourth-order valence-electron chi connectivity index (χ4n) is 3.14. The van der Waals surface area contributed by atoms with E-state index in [9.17, 15) is 4.79 Å². The molecule has 0 fully saturated rings. The molecule has 0 saturated carbocycles. The van der Waals surface area contributed by atoms with E-state index in [0.717, 1.165) is 25.2 Å². The van der Waals surface area contributed by atoms with E-state index in [-0.39, 0.29) is 5.91 Å². The Morgan fingerprint density at radius 3 is 2.70 bits per heavy atom. The van der Waals surface area contributed by atoms with Gasteiger partial charge in [-0.15, -0.1) is 0 Å². The second-order valence-corrected chi connectivity index (χ2v) is 6.36. The molecule has 3 rings (SSSR count). The number of hydrogen-bond donors (Lipinski definition) is 1. The smallest absolute Gasteiger partial charge is 0.225 e. The minimum Gasteiger partial charge on any atom is -0.326 e. The third-order valence-electron chi connectivity index (χ3n) is 4.40. The molecule has 1 N–H and O–H groups in total. The van der Waals surface area contributed by atoms with Gasteiger partial charge in [0.2, 0.25) is 5.91 Å². The molecule has 0 unspecified atom stereocenters. The van der Waals surface area contributed by atoms with Crippen LogP contribution in [0.3, 0.4) is 0 Å². The minimum absolute atomic E-state index is 0.0860. The molecule has 1 aliphatic rings. The highest BCUT2D eigenvalue weighted by Crippen LogP contribution is 2.24. The summed E-state index contributed by atoms with van der Waals surface area (Å²) in [6.07, 6.45) is 4.06. The molecule has 0 saturated heterocycles. The van der Waals surface area contributed by atoms with Crippen LogP contribution in [-0.4, -0.2) is 24.4 Å². The molecule has 0 bridgehead atoms. The SMILES string of the molecule is CN(CCC(=O)Nc1ccc2c(c1)CCC2)Cc1ccccc1. The van der Waals surface area contributed by atoms with E-state index >= 15 is 0 Å². The molecule has 0 spiro atoms. The van der Waals surface area contributed by atoms with E-state index in [0.29, 0.717) is 6.42 Å². The van der Waals surface area contributed by atoms with Crippen molar-refractivity contribution >= 4 is 11.6 Å². The first-order valence-electron chi connectivity index (χ1n) is 8.35. The molecule has 120 valence electrons. The minimum atomic E-state index is 0.0860. The van der Waals surface area contributed by atoms with Crippen LogP contribution in [0.2, 0.25) is 0 Å². The maximum absolute atomic E-state index is 12.1. The zero-order valence-corrected chi connectivity index (χ0v) is 13.7. The van der Waals surface area contributed by atoms with E-state index in [1.807, 2.05) is 24.3 Å². The summed E-state index contributed by atoms with van der Waals surface area (Å²) in [7, 11) is 2.05. The molecule has 1 aliphatic carbocycles. The number of hydrogen-bond acceptors (Lipinski definition) is 2. The van der Waals surface area contributed by atoms with Gasteiger partial charge in [-0.2, -0.15) is 0 Å². The standard InChI is InChI=1S/C20H24N2O/c1-22(15-16-6-3-2-4-7-16)13-12-20(23)21-19-11-10-17-8-5-9-18(17)14-19/h2-4,6-7,10-11,14H,5,8-9,12-13,15H2,1H3,(H,21,23). The summed E-state index contributed by atoms with van der Waals surface area (Å²) in [4.78, 5) is 14.3. The number of fused-ring (bicyclic) bond motifs is 1. The van der Waals surface area contributed by atoms with Crippen molar-refractivity contribution < 1.29 is 4.79 Å². The van der Waals surface area contributed by atoms with E-state index in [1.165, 1.54) is 29.5 Å². The van der Waals surface area contributed by atoms with Crippen molar-refractivity contribution in [2.24, 2.45) is 0 Å². The monoisotopic (exact) mass is 308 g/mol. The number of carbonyl (C=O) groups is 1. The Kier molecular flexibility index (Phi) is 5.09. The molecule has 2 aromatic carbocycles. The predicted octanol–water partition coefficient (Wildman–Crippen LogP) is 3.64. The number of nitrogens with one attached hydrogen (secondary N) is 1. The van der Waals surface area contributed by atoms with Crippen LogP contribution in [0, 0.1) is 0 Å². The quantitative estimate of drug-likeness (QED) is 0.883. The lowest BCUT2D eigenvalue weighted by molar-refractivity contribution is -0.116. The summed E-state index contributed by atoms with van der Waals surface area (Å²) in [5.41, 5.74) is 5.03. The summed E-state index contributed by atoms with van der Waals surface area (Å²) >= 11 is 0.